The third kappa shape index (κ3) is 2.14. The normalized spacial score (nSPS) is 57.9. The van der Waals surface area contributed by atoms with Crippen molar-refractivity contribution in [3.05, 3.63) is 0 Å². The zero-order valence-corrected chi connectivity index (χ0v) is 15.9. The third-order valence-corrected chi connectivity index (χ3v) is 9.48. The summed E-state index contributed by atoms with van der Waals surface area (Å²) in [5.74, 6) is 6.37. The van der Waals surface area contributed by atoms with Gasteiger partial charge in [0.2, 0.25) is 0 Å². The van der Waals surface area contributed by atoms with E-state index >= 15 is 0 Å². The molecule has 0 aliphatic heterocycles. The van der Waals surface area contributed by atoms with Crippen molar-refractivity contribution in [3.63, 3.8) is 0 Å². The quantitative estimate of drug-likeness (QED) is 0.700. The fraction of sp³-hybridized carbons (Fsp3) is 1.00. The van der Waals surface area contributed by atoms with Crippen LogP contribution < -0.4 is 0 Å². The van der Waals surface area contributed by atoms with E-state index < -0.39 is 0 Å². The second kappa shape index (κ2) is 5.46. The number of ether oxygens (including phenoxy) is 2. The van der Waals surface area contributed by atoms with Gasteiger partial charge in [0.15, 0.2) is 0 Å². The van der Waals surface area contributed by atoms with E-state index in [0.717, 1.165) is 48.0 Å². The molecule has 5 saturated carbocycles. The second-order valence-corrected chi connectivity index (χ2v) is 10.3. The first-order valence-electron chi connectivity index (χ1n) is 10.8. The minimum absolute atomic E-state index is 0.177. The van der Waals surface area contributed by atoms with E-state index in [0.29, 0.717) is 0 Å². The Kier molecular flexibility index (Phi) is 3.67. The van der Waals surface area contributed by atoms with E-state index in [1.165, 1.54) is 57.8 Å². The van der Waals surface area contributed by atoms with Gasteiger partial charge < -0.3 is 9.47 Å². The van der Waals surface area contributed by atoms with Gasteiger partial charge in [-0.1, -0.05) is 6.92 Å². The van der Waals surface area contributed by atoms with Crippen LogP contribution in [-0.2, 0) is 9.47 Å². The highest BCUT2D eigenvalue weighted by molar-refractivity contribution is 5.10. The van der Waals surface area contributed by atoms with Gasteiger partial charge in [-0.2, -0.15) is 0 Å². The van der Waals surface area contributed by atoms with E-state index in [9.17, 15) is 0 Å². The maximum Gasteiger partial charge on any atom is 0.0710 e. The average molecular weight is 333 g/mol. The van der Waals surface area contributed by atoms with E-state index in [1.807, 2.05) is 7.11 Å². The number of hydrogen-bond acceptors (Lipinski definition) is 2. The Bertz CT molecular complexity index is 504. The van der Waals surface area contributed by atoms with Gasteiger partial charge in [-0.05, 0) is 106 Å². The molecule has 0 saturated heterocycles. The molecule has 2 heteroatoms. The Labute approximate surface area is 148 Å². The third-order valence-electron chi connectivity index (χ3n) is 9.48. The molecule has 5 aliphatic rings. The fourth-order valence-electron chi connectivity index (χ4n) is 8.26. The first-order valence-corrected chi connectivity index (χ1v) is 10.8. The predicted octanol–water partition coefficient (Wildman–Crippen LogP) is 5.06. The zero-order chi connectivity index (χ0) is 16.5. The summed E-state index contributed by atoms with van der Waals surface area (Å²) in [6, 6.07) is 0. The SMILES string of the molecule is CCC1(OCC2CC3C4CC(C3C2)C(C)(OC)C4)CC2CCC1C2. The molecule has 0 aromatic rings. The number of hydrogen-bond donors (Lipinski definition) is 0. The molecule has 0 aromatic heterocycles. The molecule has 4 bridgehead atoms. The molecule has 0 heterocycles. The van der Waals surface area contributed by atoms with Crippen LogP contribution in [0, 0.1) is 41.4 Å². The van der Waals surface area contributed by atoms with Crippen molar-refractivity contribution < 1.29 is 9.47 Å². The van der Waals surface area contributed by atoms with Crippen molar-refractivity contribution in [1.82, 2.24) is 0 Å². The van der Waals surface area contributed by atoms with Crippen LogP contribution >= 0.6 is 0 Å². The second-order valence-electron chi connectivity index (χ2n) is 10.3. The Morgan fingerprint density at radius 2 is 1.83 bits per heavy atom. The molecule has 24 heavy (non-hydrogen) atoms. The molecule has 0 amide bonds. The first kappa shape index (κ1) is 16.1. The van der Waals surface area contributed by atoms with Crippen molar-refractivity contribution in [2.45, 2.75) is 82.8 Å². The minimum atomic E-state index is 0.177. The molecular weight excluding hydrogens is 296 g/mol. The summed E-state index contributed by atoms with van der Waals surface area (Å²) in [6.45, 7) is 5.79. The van der Waals surface area contributed by atoms with Crippen LogP contribution in [0.25, 0.3) is 0 Å². The van der Waals surface area contributed by atoms with E-state index in [2.05, 4.69) is 13.8 Å². The summed E-state index contributed by atoms with van der Waals surface area (Å²) in [5.41, 5.74) is 0.442. The summed E-state index contributed by atoms with van der Waals surface area (Å²) in [6.07, 6.45) is 12.6. The van der Waals surface area contributed by atoms with Crippen LogP contribution in [0.4, 0.5) is 0 Å². The molecular formula is C22H36O2. The lowest BCUT2D eigenvalue weighted by atomic mass is 9.74. The van der Waals surface area contributed by atoms with Crippen molar-refractivity contribution in [2.24, 2.45) is 41.4 Å². The maximum absolute atomic E-state index is 6.76. The van der Waals surface area contributed by atoms with Crippen LogP contribution in [0.2, 0.25) is 0 Å². The molecule has 0 radical (unpaired) electrons. The van der Waals surface area contributed by atoms with Crippen LogP contribution in [0.5, 0.6) is 0 Å². The van der Waals surface area contributed by atoms with Crippen molar-refractivity contribution >= 4 is 0 Å². The highest BCUT2D eigenvalue weighted by Gasteiger charge is 2.61. The summed E-state index contributed by atoms with van der Waals surface area (Å²) in [4.78, 5) is 0. The van der Waals surface area contributed by atoms with Crippen LogP contribution in [0.3, 0.4) is 0 Å². The molecule has 5 rings (SSSR count). The Hall–Kier alpha value is -0.0800. The smallest absolute Gasteiger partial charge is 0.0710 e. The lowest BCUT2D eigenvalue weighted by molar-refractivity contribution is -0.0986. The van der Waals surface area contributed by atoms with E-state index in [-0.39, 0.29) is 11.2 Å². The standard InChI is InChI=1S/C22H36O2/c1-4-22(11-14-5-6-17(22)7-14)24-13-15-8-18-16-10-20(19(18)9-15)21(2,12-16)23-3/h14-20H,4-13H2,1-3H3. The van der Waals surface area contributed by atoms with E-state index in [4.69, 9.17) is 9.47 Å². The van der Waals surface area contributed by atoms with Crippen LogP contribution in [0.15, 0.2) is 0 Å². The van der Waals surface area contributed by atoms with Gasteiger partial charge in [-0.15, -0.1) is 0 Å². The van der Waals surface area contributed by atoms with Crippen molar-refractivity contribution in [1.29, 1.82) is 0 Å². The number of methoxy groups -OCH3 is 1. The predicted molar refractivity (Wildman–Crippen MR) is 95.8 cm³/mol. The van der Waals surface area contributed by atoms with Gasteiger partial charge in [0, 0.05) is 7.11 Å². The summed E-state index contributed by atoms with van der Waals surface area (Å²) < 4.78 is 12.7. The lowest BCUT2D eigenvalue weighted by Crippen LogP contribution is -2.40. The van der Waals surface area contributed by atoms with Gasteiger partial charge in [0.1, 0.15) is 0 Å². The zero-order valence-electron chi connectivity index (χ0n) is 15.9. The Balaban J connectivity index is 1.22. The average Bonchev–Trinajstić information content (AvgIpc) is 3.36. The summed E-state index contributed by atoms with van der Waals surface area (Å²) >= 11 is 0. The fourth-order valence-corrected chi connectivity index (χ4v) is 8.26. The van der Waals surface area contributed by atoms with Crippen LogP contribution in [0.1, 0.15) is 71.6 Å². The summed E-state index contributed by atoms with van der Waals surface area (Å²) in [5, 5.41) is 0. The minimum Gasteiger partial charge on any atom is -0.378 e. The Morgan fingerprint density at radius 1 is 1.00 bits per heavy atom. The molecule has 0 spiro atoms. The molecule has 9 atom stereocenters. The molecule has 9 unspecified atom stereocenters. The van der Waals surface area contributed by atoms with Gasteiger partial charge >= 0.3 is 0 Å². The Morgan fingerprint density at radius 3 is 2.50 bits per heavy atom. The molecule has 0 aromatic carbocycles. The topological polar surface area (TPSA) is 18.5 Å². The van der Waals surface area contributed by atoms with E-state index in [1.54, 1.807) is 0 Å². The van der Waals surface area contributed by atoms with Gasteiger partial charge in [-0.25, -0.2) is 0 Å². The molecule has 2 nitrogen and oxygen atoms in total. The highest BCUT2D eigenvalue weighted by atomic mass is 16.5. The largest absolute Gasteiger partial charge is 0.378 e. The lowest BCUT2D eigenvalue weighted by Gasteiger charge is -2.39. The summed E-state index contributed by atoms with van der Waals surface area (Å²) in [7, 11) is 1.94. The van der Waals surface area contributed by atoms with Gasteiger partial charge in [0.25, 0.3) is 0 Å². The van der Waals surface area contributed by atoms with Gasteiger partial charge in [0.05, 0.1) is 17.8 Å². The number of rotatable bonds is 5. The molecule has 0 N–H and O–H groups in total. The van der Waals surface area contributed by atoms with Crippen LogP contribution in [-0.4, -0.2) is 24.9 Å². The monoisotopic (exact) mass is 332 g/mol. The molecule has 5 aliphatic carbocycles. The van der Waals surface area contributed by atoms with Crippen molar-refractivity contribution in [3.8, 4) is 0 Å². The number of fused-ring (bicyclic) bond motifs is 7. The van der Waals surface area contributed by atoms with Gasteiger partial charge in [-0.3, -0.25) is 0 Å². The highest BCUT2D eigenvalue weighted by Crippen LogP contribution is 2.64. The van der Waals surface area contributed by atoms with Crippen molar-refractivity contribution in [2.75, 3.05) is 13.7 Å². The maximum atomic E-state index is 6.76. The molecule has 136 valence electrons. The molecule has 5 fully saturated rings. The first-order chi connectivity index (χ1) is 11.6.